The van der Waals surface area contributed by atoms with E-state index < -0.39 is 23.5 Å². The van der Waals surface area contributed by atoms with Gasteiger partial charge in [0.15, 0.2) is 0 Å². The molecule has 0 atom stereocenters. The number of rotatable bonds is 2. The van der Waals surface area contributed by atoms with E-state index in [1.165, 1.54) is 0 Å². The number of likely N-dealkylation sites (tertiary alicyclic amines) is 1. The van der Waals surface area contributed by atoms with Crippen molar-refractivity contribution >= 4 is 11.9 Å². The van der Waals surface area contributed by atoms with Gasteiger partial charge in [0, 0.05) is 13.1 Å². The van der Waals surface area contributed by atoms with Crippen LogP contribution in [0.1, 0.15) is 13.3 Å². The monoisotopic (exact) mass is 225 g/mol. The number of alkyl halides is 3. The number of carboxylic acids is 1. The Morgan fingerprint density at radius 2 is 1.87 bits per heavy atom. The van der Waals surface area contributed by atoms with Gasteiger partial charge < -0.3 is 10.0 Å². The molecule has 1 aliphatic heterocycles. The topological polar surface area (TPSA) is 57.6 Å². The molecule has 1 fully saturated rings. The van der Waals surface area contributed by atoms with E-state index in [-0.39, 0.29) is 19.5 Å². The third-order valence-electron chi connectivity index (χ3n) is 2.65. The highest BCUT2D eigenvalue weighted by Gasteiger charge is 2.55. The molecule has 0 spiro atoms. The molecule has 1 rings (SSSR count). The lowest BCUT2D eigenvalue weighted by Crippen LogP contribution is -2.64. The van der Waals surface area contributed by atoms with Crippen LogP contribution in [-0.2, 0) is 9.59 Å². The summed E-state index contributed by atoms with van der Waals surface area (Å²) in [6.07, 6.45) is -4.71. The number of aliphatic carboxylic acids is 1. The smallest absolute Gasteiger partial charge is 0.471 e. The molecule has 0 saturated carbocycles. The maximum absolute atomic E-state index is 11.9. The van der Waals surface area contributed by atoms with Gasteiger partial charge in [-0.05, 0) is 6.42 Å². The predicted molar refractivity (Wildman–Crippen MR) is 43.0 cm³/mol. The maximum Gasteiger partial charge on any atom is 0.471 e. The second kappa shape index (κ2) is 3.39. The first-order valence-corrected chi connectivity index (χ1v) is 4.32. The number of hydrogen-bond donors (Lipinski definition) is 1. The van der Waals surface area contributed by atoms with Crippen molar-refractivity contribution in [3.63, 3.8) is 0 Å². The first-order chi connectivity index (χ1) is 6.73. The third-order valence-corrected chi connectivity index (χ3v) is 2.65. The molecule has 86 valence electrons. The van der Waals surface area contributed by atoms with Gasteiger partial charge in [-0.25, -0.2) is 0 Å². The fourth-order valence-corrected chi connectivity index (χ4v) is 1.52. The molecule has 1 aliphatic rings. The summed E-state index contributed by atoms with van der Waals surface area (Å²) in [5.41, 5.74) is -1.19. The van der Waals surface area contributed by atoms with Crippen LogP contribution < -0.4 is 0 Å². The van der Waals surface area contributed by atoms with E-state index in [0.29, 0.717) is 4.90 Å². The van der Waals surface area contributed by atoms with Crippen LogP contribution in [0.5, 0.6) is 0 Å². The molecule has 7 heteroatoms. The molecule has 0 radical (unpaired) electrons. The van der Waals surface area contributed by atoms with E-state index in [1.807, 2.05) is 0 Å². The van der Waals surface area contributed by atoms with Gasteiger partial charge in [-0.2, -0.15) is 13.2 Å². The van der Waals surface area contributed by atoms with Crippen LogP contribution >= 0.6 is 0 Å². The number of carbonyl (C=O) groups excluding carboxylic acids is 1. The second-order valence-electron chi connectivity index (χ2n) is 3.60. The van der Waals surface area contributed by atoms with Crippen LogP contribution in [0.15, 0.2) is 0 Å². The number of halogens is 3. The summed E-state index contributed by atoms with van der Waals surface area (Å²) in [6.45, 7) is 0.845. The molecule has 1 N–H and O–H groups in total. The highest BCUT2D eigenvalue weighted by atomic mass is 19.4. The number of nitrogens with zero attached hydrogens (tertiary/aromatic N) is 1. The highest BCUT2D eigenvalue weighted by molar-refractivity contribution is 5.86. The van der Waals surface area contributed by atoms with Crippen molar-refractivity contribution in [2.45, 2.75) is 19.5 Å². The van der Waals surface area contributed by atoms with E-state index in [9.17, 15) is 22.8 Å². The van der Waals surface area contributed by atoms with Crippen molar-refractivity contribution in [1.29, 1.82) is 0 Å². The Balaban J connectivity index is 2.64. The third kappa shape index (κ3) is 1.91. The lowest BCUT2D eigenvalue weighted by Gasteiger charge is -2.46. The fraction of sp³-hybridized carbons (Fsp3) is 0.750. The van der Waals surface area contributed by atoms with Crippen LogP contribution in [-0.4, -0.2) is 41.1 Å². The normalized spacial score (nSPS) is 19.6. The van der Waals surface area contributed by atoms with E-state index >= 15 is 0 Å². The van der Waals surface area contributed by atoms with Gasteiger partial charge in [-0.1, -0.05) is 6.92 Å². The fourth-order valence-electron chi connectivity index (χ4n) is 1.52. The summed E-state index contributed by atoms with van der Waals surface area (Å²) >= 11 is 0. The maximum atomic E-state index is 11.9. The average molecular weight is 225 g/mol. The van der Waals surface area contributed by atoms with Crippen LogP contribution in [0.3, 0.4) is 0 Å². The van der Waals surface area contributed by atoms with E-state index in [1.54, 1.807) is 6.92 Å². The van der Waals surface area contributed by atoms with Crippen LogP contribution in [0.4, 0.5) is 13.2 Å². The molecule has 0 aromatic rings. The summed E-state index contributed by atoms with van der Waals surface area (Å²) < 4.78 is 35.8. The largest absolute Gasteiger partial charge is 0.481 e. The highest BCUT2D eigenvalue weighted by Crippen LogP contribution is 2.36. The molecule has 0 bridgehead atoms. The van der Waals surface area contributed by atoms with Crippen molar-refractivity contribution in [2.75, 3.05) is 13.1 Å². The number of hydrogen-bond acceptors (Lipinski definition) is 2. The minimum absolute atomic E-state index is 0.212. The lowest BCUT2D eigenvalue weighted by molar-refractivity contribution is -0.200. The van der Waals surface area contributed by atoms with Gasteiger partial charge in [-0.15, -0.1) is 0 Å². The zero-order valence-electron chi connectivity index (χ0n) is 7.97. The average Bonchev–Trinajstić information content (AvgIpc) is 2.00. The van der Waals surface area contributed by atoms with Crippen molar-refractivity contribution in [3.8, 4) is 0 Å². The molecule has 0 unspecified atom stereocenters. The van der Waals surface area contributed by atoms with Crippen molar-refractivity contribution in [3.05, 3.63) is 0 Å². The van der Waals surface area contributed by atoms with Crippen LogP contribution in [0, 0.1) is 5.41 Å². The number of carbonyl (C=O) groups is 2. The van der Waals surface area contributed by atoms with E-state index in [2.05, 4.69) is 0 Å². The molecule has 15 heavy (non-hydrogen) atoms. The molecular weight excluding hydrogens is 215 g/mol. The summed E-state index contributed by atoms with van der Waals surface area (Å²) in [4.78, 5) is 21.9. The Kier molecular flexibility index (Phi) is 2.67. The van der Waals surface area contributed by atoms with Gasteiger partial charge in [0.2, 0.25) is 0 Å². The minimum atomic E-state index is -4.92. The molecule has 1 amide bonds. The summed E-state index contributed by atoms with van der Waals surface area (Å²) in [5.74, 6) is -3.12. The molecule has 0 aromatic heterocycles. The van der Waals surface area contributed by atoms with Gasteiger partial charge >= 0.3 is 18.1 Å². The van der Waals surface area contributed by atoms with Crippen LogP contribution in [0.2, 0.25) is 0 Å². The zero-order chi connectivity index (χ0) is 11.9. The molecule has 1 saturated heterocycles. The molecule has 0 aromatic carbocycles. The summed E-state index contributed by atoms with van der Waals surface area (Å²) in [7, 11) is 0. The van der Waals surface area contributed by atoms with Crippen molar-refractivity contribution in [2.24, 2.45) is 5.41 Å². The Bertz CT molecular complexity index is 294. The summed E-state index contributed by atoms with van der Waals surface area (Å²) in [5, 5.41) is 8.77. The lowest BCUT2D eigenvalue weighted by atomic mass is 9.77. The van der Waals surface area contributed by atoms with Gasteiger partial charge in [0.25, 0.3) is 0 Å². The number of amides is 1. The van der Waals surface area contributed by atoms with Crippen LogP contribution in [0.25, 0.3) is 0 Å². The Labute approximate surface area is 83.7 Å². The van der Waals surface area contributed by atoms with E-state index in [4.69, 9.17) is 5.11 Å². The SMILES string of the molecule is CCC1(C(=O)O)CN(C(=O)C(F)(F)F)C1. The minimum Gasteiger partial charge on any atom is -0.481 e. The Hall–Kier alpha value is -1.27. The number of carboxylic acid groups (broad SMARTS) is 1. The quantitative estimate of drug-likeness (QED) is 0.758. The first-order valence-electron chi connectivity index (χ1n) is 4.32. The molecular formula is C8H10F3NO3. The second-order valence-corrected chi connectivity index (χ2v) is 3.60. The standard InChI is InChI=1S/C8H10F3NO3/c1-2-7(6(14)15)3-12(4-7)5(13)8(9,10)11/h2-4H2,1H3,(H,14,15). The molecule has 1 heterocycles. The summed E-state index contributed by atoms with van der Waals surface area (Å²) in [6, 6.07) is 0. The Morgan fingerprint density at radius 3 is 2.13 bits per heavy atom. The van der Waals surface area contributed by atoms with Crippen molar-refractivity contribution < 1.29 is 27.9 Å². The zero-order valence-corrected chi connectivity index (χ0v) is 7.97. The molecule has 4 nitrogen and oxygen atoms in total. The first kappa shape index (κ1) is 11.8. The van der Waals surface area contributed by atoms with Gasteiger partial charge in [0.05, 0.1) is 0 Å². The van der Waals surface area contributed by atoms with Gasteiger partial charge in [0.1, 0.15) is 5.41 Å². The van der Waals surface area contributed by atoms with Crippen molar-refractivity contribution in [1.82, 2.24) is 4.90 Å². The Morgan fingerprint density at radius 1 is 1.40 bits per heavy atom. The molecule has 0 aliphatic carbocycles. The van der Waals surface area contributed by atoms with Gasteiger partial charge in [-0.3, -0.25) is 9.59 Å². The predicted octanol–water partition coefficient (Wildman–Crippen LogP) is 0.872. The van der Waals surface area contributed by atoms with E-state index in [0.717, 1.165) is 0 Å².